The Bertz CT molecular complexity index is 2370. The van der Waals surface area contributed by atoms with Crippen molar-refractivity contribution in [3.05, 3.63) is 83.1 Å². The fraction of sp³-hybridized carbons (Fsp3) is 0.468. The highest BCUT2D eigenvalue weighted by Crippen LogP contribution is 2.35. The molecule has 4 amide bonds. The second-order valence-electron chi connectivity index (χ2n) is 17.8. The van der Waals surface area contributed by atoms with E-state index in [1.807, 2.05) is 86.8 Å². The van der Waals surface area contributed by atoms with Crippen LogP contribution in [0.15, 0.2) is 66.3 Å². The quantitative estimate of drug-likeness (QED) is 0.0639. The first-order valence-electron chi connectivity index (χ1n) is 21.7. The van der Waals surface area contributed by atoms with Crippen molar-refractivity contribution in [2.24, 2.45) is 5.41 Å². The fourth-order valence-electron chi connectivity index (χ4n) is 8.42. The van der Waals surface area contributed by atoms with Gasteiger partial charge in [-0.1, -0.05) is 82.9 Å². The number of aromatic hydroxyl groups is 1. The number of carbonyl (C=O) groups excluding carboxylic acids is 4. The monoisotopic (exact) mass is 862 g/mol. The summed E-state index contributed by atoms with van der Waals surface area (Å²) in [6.45, 7) is 9.24. The number of para-hydroxylation sites is 1. The molecule has 2 fully saturated rings. The maximum absolute atomic E-state index is 14.0. The summed E-state index contributed by atoms with van der Waals surface area (Å²) in [7, 11) is 0. The SMILES string of the molecule is Cc1ncsc1-c1ccc(CNC(=O)[C@@H]2C[C@@H](O)CN2C(=O)[C@@H](NC(=O)CCCCCCCCC(=O)N2CC(c3c[nH]c4nnc(-c5ccccc5O)cc34)C2)C(C)(C)C)cc1. The average Bonchev–Trinajstić information content (AvgIpc) is 3.97. The maximum atomic E-state index is 14.0. The van der Waals surface area contributed by atoms with E-state index >= 15 is 0 Å². The Balaban J connectivity index is 0.791. The number of carbonyl (C=O) groups is 4. The predicted octanol–water partition coefficient (Wildman–Crippen LogP) is 6.62. The number of phenols is 1. The molecule has 0 radical (unpaired) electrons. The van der Waals surface area contributed by atoms with Crippen LogP contribution in [0.3, 0.4) is 0 Å². The molecule has 2 aromatic carbocycles. The molecule has 2 aliphatic rings. The van der Waals surface area contributed by atoms with Gasteiger partial charge in [0.15, 0.2) is 5.65 Å². The Morgan fingerprint density at radius 3 is 2.34 bits per heavy atom. The van der Waals surface area contributed by atoms with Crippen LogP contribution in [0.5, 0.6) is 5.75 Å². The Kier molecular flexibility index (Phi) is 14.0. The van der Waals surface area contributed by atoms with Gasteiger partial charge in [-0.3, -0.25) is 19.2 Å². The molecule has 3 aromatic heterocycles. The average molecular weight is 863 g/mol. The summed E-state index contributed by atoms with van der Waals surface area (Å²) in [5, 5.41) is 36.3. The molecule has 2 aliphatic heterocycles. The lowest BCUT2D eigenvalue weighted by molar-refractivity contribution is -0.144. The fourth-order valence-corrected chi connectivity index (χ4v) is 9.23. The molecule has 0 bridgehead atoms. The van der Waals surface area contributed by atoms with Crippen molar-refractivity contribution >= 4 is 46.0 Å². The Labute approximate surface area is 366 Å². The molecular weight excluding hydrogens is 805 g/mol. The number of nitrogens with zero attached hydrogens (tertiary/aromatic N) is 5. The lowest BCUT2D eigenvalue weighted by atomic mass is 9.85. The number of rotatable bonds is 17. The molecule has 3 atom stereocenters. The minimum atomic E-state index is -0.864. The summed E-state index contributed by atoms with van der Waals surface area (Å²) in [5.41, 5.74) is 7.14. The number of hydrogen-bond acceptors (Lipinski definition) is 10. The number of aromatic amines is 1. The van der Waals surface area contributed by atoms with Crippen molar-refractivity contribution in [1.82, 2.24) is 40.6 Å². The van der Waals surface area contributed by atoms with Crippen molar-refractivity contribution in [2.75, 3.05) is 19.6 Å². The molecule has 0 spiro atoms. The molecule has 2 saturated heterocycles. The minimum absolute atomic E-state index is 0.0248. The Morgan fingerprint density at radius 1 is 0.935 bits per heavy atom. The Hall–Kier alpha value is -5.67. The van der Waals surface area contributed by atoms with Crippen LogP contribution >= 0.6 is 11.3 Å². The third-order valence-corrected chi connectivity index (χ3v) is 13.1. The number of phenolic OH excluding ortho intramolecular Hbond substituents is 1. The molecule has 7 rings (SSSR count). The van der Waals surface area contributed by atoms with E-state index in [2.05, 4.69) is 30.8 Å². The summed E-state index contributed by atoms with van der Waals surface area (Å²) in [4.78, 5) is 65.5. The van der Waals surface area contributed by atoms with Crippen molar-refractivity contribution < 1.29 is 29.4 Å². The van der Waals surface area contributed by atoms with Gasteiger partial charge in [0.05, 0.1) is 27.9 Å². The second kappa shape index (κ2) is 19.6. The Morgan fingerprint density at radius 2 is 1.65 bits per heavy atom. The van der Waals surface area contributed by atoms with E-state index in [1.165, 1.54) is 4.90 Å². The van der Waals surface area contributed by atoms with E-state index in [0.29, 0.717) is 42.8 Å². The number of benzene rings is 2. The van der Waals surface area contributed by atoms with Crippen LogP contribution in [0.4, 0.5) is 0 Å². The molecule has 328 valence electrons. The highest BCUT2D eigenvalue weighted by atomic mass is 32.1. The van der Waals surface area contributed by atoms with Gasteiger partial charge in [0.2, 0.25) is 23.6 Å². The number of aliphatic hydroxyl groups excluding tert-OH is 1. The zero-order valence-electron chi connectivity index (χ0n) is 36.0. The van der Waals surface area contributed by atoms with E-state index in [1.54, 1.807) is 23.5 Å². The number of fused-ring (bicyclic) bond motifs is 1. The molecule has 62 heavy (non-hydrogen) atoms. The largest absolute Gasteiger partial charge is 0.507 e. The highest BCUT2D eigenvalue weighted by molar-refractivity contribution is 7.13. The number of hydrogen-bond donors (Lipinski definition) is 5. The van der Waals surface area contributed by atoms with Crippen LogP contribution in [-0.2, 0) is 25.7 Å². The van der Waals surface area contributed by atoms with Crippen LogP contribution < -0.4 is 10.6 Å². The summed E-state index contributed by atoms with van der Waals surface area (Å²) in [6.07, 6.45) is 7.21. The lowest BCUT2D eigenvalue weighted by Crippen LogP contribution is -2.57. The number of unbranched alkanes of at least 4 members (excludes halogenated alkanes) is 5. The number of H-pyrrole nitrogens is 1. The second-order valence-corrected chi connectivity index (χ2v) is 18.7. The standard InChI is InChI=1S/C47H58N8O6S/c1-29-42(62-28-50-29)31-19-17-30(18-20-31)23-49-45(60)38-21-33(56)27-55(38)46(61)43(47(2,3)4)51-40(58)15-9-7-5-6-8-10-16-41(59)54-25-32(26-54)36-24-48-44-35(36)22-37(52-53-44)34-13-11-12-14-39(34)57/h11-14,17-20,22,24,28,32-33,38,43,56-57H,5-10,15-16,21,23,25-27H2,1-4H3,(H,48,53)(H,49,60)(H,51,58)/t33-,38+,43-/m1/s1. The molecule has 0 aliphatic carbocycles. The van der Waals surface area contributed by atoms with Crippen molar-refractivity contribution in [2.45, 2.75) is 116 Å². The minimum Gasteiger partial charge on any atom is -0.507 e. The summed E-state index contributed by atoms with van der Waals surface area (Å²) in [5.74, 6) is -0.408. The normalized spacial score (nSPS) is 17.2. The van der Waals surface area contributed by atoms with Crippen LogP contribution in [-0.4, -0.2) is 102 Å². The highest BCUT2D eigenvalue weighted by Gasteiger charge is 2.44. The van der Waals surface area contributed by atoms with Crippen LogP contribution in [0.25, 0.3) is 32.7 Å². The molecule has 5 aromatic rings. The first kappa shape index (κ1) is 44.4. The first-order valence-corrected chi connectivity index (χ1v) is 22.6. The number of aromatic nitrogens is 4. The number of β-amino-alcohol motifs (C(OH)–C–C–N with tert-alkyl or cyclic N) is 1. The van der Waals surface area contributed by atoms with Gasteiger partial charge >= 0.3 is 0 Å². The zero-order valence-corrected chi connectivity index (χ0v) is 36.8. The molecule has 0 saturated carbocycles. The van der Waals surface area contributed by atoms with Gasteiger partial charge < -0.3 is 35.6 Å². The van der Waals surface area contributed by atoms with Crippen LogP contribution in [0, 0.1) is 12.3 Å². The number of likely N-dealkylation sites (tertiary alicyclic amines) is 2. The van der Waals surface area contributed by atoms with Crippen LogP contribution in [0.2, 0.25) is 0 Å². The number of amides is 4. The van der Waals surface area contributed by atoms with Crippen LogP contribution in [0.1, 0.15) is 101 Å². The van der Waals surface area contributed by atoms with Gasteiger partial charge in [-0.25, -0.2) is 4.98 Å². The predicted molar refractivity (Wildman–Crippen MR) is 239 cm³/mol. The third-order valence-electron chi connectivity index (χ3n) is 12.1. The van der Waals surface area contributed by atoms with Gasteiger partial charge in [-0.05, 0) is 60.1 Å². The number of nitrogens with one attached hydrogen (secondary N) is 3. The molecule has 5 N–H and O–H groups in total. The number of thiazole rings is 1. The van der Waals surface area contributed by atoms with Gasteiger partial charge in [0.1, 0.15) is 17.8 Å². The van der Waals surface area contributed by atoms with E-state index in [-0.39, 0.29) is 61.2 Å². The topological polar surface area (TPSA) is 194 Å². The van der Waals surface area contributed by atoms with Gasteiger partial charge in [0, 0.05) is 68.5 Å². The number of aryl methyl sites for hydroxylation is 1. The summed E-state index contributed by atoms with van der Waals surface area (Å²) in [6, 6.07) is 15.2. The van der Waals surface area contributed by atoms with Gasteiger partial charge in [-0.2, -0.15) is 0 Å². The smallest absolute Gasteiger partial charge is 0.246 e. The van der Waals surface area contributed by atoms with Crippen molar-refractivity contribution in [1.29, 1.82) is 0 Å². The molecule has 15 heteroatoms. The molecule has 14 nitrogen and oxygen atoms in total. The first-order chi connectivity index (χ1) is 29.8. The zero-order chi connectivity index (χ0) is 44.0. The summed E-state index contributed by atoms with van der Waals surface area (Å²) >= 11 is 1.58. The molecule has 0 unspecified atom stereocenters. The van der Waals surface area contributed by atoms with Gasteiger partial charge in [-0.15, -0.1) is 21.5 Å². The van der Waals surface area contributed by atoms with E-state index < -0.39 is 23.6 Å². The van der Waals surface area contributed by atoms with Gasteiger partial charge in [0.25, 0.3) is 0 Å². The summed E-state index contributed by atoms with van der Waals surface area (Å²) < 4.78 is 0. The molecule has 5 heterocycles. The maximum Gasteiger partial charge on any atom is 0.246 e. The van der Waals surface area contributed by atoms with E-state index in [9.17, 15) is 29.4 Å². The lowest BCUT2D eigenvalue weighted by Gasteiger charge is -2.39. The molecular formula is C47H58N8O6S. The van der Waals surface area contributed by atoms with E-state index in [0.717, 1.165) is 64.8 Å². The number of aliphatic hydroxyl groups is 1. The van der Waals surface area contributed by atoms with Crippen molar-refractivity contribution in [3.8, 4) is 27.4 Å². The third kappa shape index (κ3) is 10.5. The van der Waals surface area contributed by atoms with E-state index in [4.69, 9.17) is 0 Å². The van der Waals surface area contributed by atoms with Crippen molar-refractivity contribution in [3.63, 3.8) is 0 Å².